The molecule has 2 aromatic heterocycles. The molecule has 3 aromatic rings. The van der Waals surface area contributed by atoms with Crippen LogP contribution in [0.3, 0.4) is 0 Å². The first-order valence-corrected chi connectivity index (χ1v) is 14.1. The molecule has 1 atom stereocenters. The Hall–Kier alpha value is -3.46. The fourth-order valence-electron chi connectivity index (χ4n) is 4.05. The van der Waals surface area contributed by atoms with Crippen molar-refractivity contribution in [1.29, 1.82) is 0 Å². The number of carbonyl (C=O) groups excluding carboxylic acids is 2. The number of rotatable bonds is 8. The van der Waals surface area contributed by atoms with Crippen LogP contribution >= 0.6 is 11.6 Å². The second kappa shape index (κ2) is 13.4. The summed E-state index contributed by atoms with van der Waals surface area (Å²) < 4.78 is 34.9. The molecule has 202 valence electrons. The molecule has 9 nitrogen and oxygen atoms in total. The predicted molar refractivity (Wildman–Crippen MR) is 146 cm³/mol. The van der Waals surface area contributed by atoms with Crippen molar-refractivity contribution in [3.8, 4) is 17.0 Å². The van der Waals surface area contributed by atoms with Crippen LogP contribution < -0.4 is 14.4 Å². The van der Waals surface area contributed by atoms with Gasteiger partial charge in [0.2, 0.25) is 0 Å². The SMILES string of the molecule is CC(C)COc1ccccc1-c1nc(NS(=O)(=O)c2cccc(N3CCCC(C)C3)n2)ccc1Cl.O=C=O. The van der Waals surface area contributed by atoms with Crippen LogP contribution in [-0.4, -0.2) is 44.2 Å². The van der Waals surface area contributed by atoms with Crippen LogP contribution in [0.4, 0.5) is 11.6 Å². The third-order valence-electron chi connectivity index (χ3n) is 5.76. The van der Waals surface area contributed by atoms with Crippen molar-refractivity contribution in [3.63, 3.8) is 0 Å². The lowest BCUT2D eigenvalue weighted by atomic mass is 10.0. The van der Waals surface area contributed by atoms with Gasteiger partial charge in [-0.05, 0) is 61.1 Å². The standard InChI is InChI=1S/C26H31ClN4O3S.CO2/c1-18(2)17-34-22-10-5-4-9-20(22)26-21(27)13-14-23(28-26)30-35(32,33)25-12-6-11-24(29-25)31-15-7-8-19(3)16-31;2-1-3/h4-6,9-14,18-19H,7-8,15-17H2,1-3H3,(H,28,30);. The van der Waals surface area contributed by atoms with E-state index in [0.717, 1.165) is 19.5 Å². The summed E-state index contributed by atoms with van der Waals surface area (Å²) in [5.41, 5.74) is 1.13. The maximum Gasteiger partial charge on any atom is 0.373 e. The fourth-order valence-corrected chi connectivity index (χ4v) is 5.22. The molecule has 1 aliphatic rings. The Kier molecular flexibility index (Phi) is 10.2. The highest BCUT2D eigenvalue weighted by molar-refractivity contribution is 7.92. The van der Waals surface area contributed by atoms with Gasteiger partial charge in [0, 0.05) is 18.7 Å². The highest BCUT2D eigenvalue weighted by atomic mass is 35.5. The molecule has 1 aliphatic heterocycles. The Labute approximate surface area is 228 Å². The van der Waals surface area contributed by atoms with Crippen molar-refractivity contribution in [1.82, 2.24) is 9.97 Å². The van der Waals surface area contributed by atoms with Gasteiger partial charge in [-0.25, -0.2) is 9.97 Å². The largest absolute Gasteiger partial charge is 0.493 e. The molecule has 0 aliphatic carbocycles. The summed E-state index contributed by atoms with van der Waals surface area (Å²) in [7, 11) is -3.96. The monoisotopic (exact) mass is 558 g/mol. The number of hydrogen-bond acceptors (Lipinski definition) is 8. The van der Waals surface area contributed by atoms with E-state index < -0.39 is 10.0 Å². The Morgan fingerprint density at radius 2 is 1.84 bits per heavy atom. The molecule has 4 rings (SSSR count). The van der Waals surface area contributed by atoms with Crippen LogP contribution in [0, 0.1) is 11.8 Å². The van der Waals surface area contributed by atoms with Crippen LogP contribution in [0.2, 0.25) is 5.02 Å². The molecule has 1 N–H and O–H groups in total. The Morgan fingerprint density at radius 1 is 1.11 bits per heavy atom. The van der Waals surface area contributed by atoms with Gasteiger partial charge >= 0.3 is 6.15 Å². The number of anilines is 2. The Bertz CT molecular complexity index is 1380. The van der Waals surface area contributed by atoms with Crippen LogP contribution in [0.1, 0.15) is 33.6 Å². The average molecular weight is 559 g/mol. The molecular weight excluding hydrogens is 528 g/mol. The van der Waals surface area contributed by atoms with Crippen molar-refractivity contribution in [2.75, 3.05) is 29.3 Å². The second-order valence-electron chi connectivity index (χ2n) is 9.44. The summed E-state index contributed by atoms with van der Waals surface area (Å²) in [5.74, 6) is 2.36. The maximum atomic E-state index is 13.2. The first-order valence-electron chi connectivity index (χ1n) is 12.3. The van der Waals surface area contributed by atoms with E-state index in [4.69, 9.17) is 25.9 Å². The summed E-state index contributed by atoms with van der Waals surface area (Å²) in [4.78, 5) is 27.4. The predicted octanol–water partition coefficient (Wildman–Crippen LogP) is 5.29. The summed E-state index contributed by atoms with van der Waals surface area (Å²) in [6.45, 7) is 8.61. The summed E-state index contributed by atoms with van der Waals surface area (Å²) >= 11 is 6.46. The van der Waals surface area contributed by atoms with Gasteiger partial charge in [-0.1, -0.05) is 50.6 Å². The van der Waals surface area contributed by atoms with Crippen LogP contribution in [0.25, 0.3) is 11.3 Å². The van der Waals surface area contributed by atoms with Gasteiger partial charge in [0.25, 0.3) is 10.0 Å². The van der Waals surface area contributed by atoms with E-state index in [-0.39, 0.29) is 17.0 Å². The van der Waals surface area contributed by atoms with E-state index in [0.29, 0.717) is 46.3 Å². The molecule has 0 amide bonds. The molecule has 1 unspecified atom stereocenters. The molecule has 0 spiro atoms. The van der Waals surface area contributed by atoms with Crippen molar-refractivity contribution in [3.05, 3.63) is 59.6 Å². The maximum absolute atomic E-state index is 13.2. The number of pyridine rings is 2. The lowest BCUT2D eigenvalue weighted by Crippen LogP contribution is -2.35. The molecule has 1 aromatic carbocycles. The van der Waals surface area contributed by atoms with Crippen molar-refractivity contribution in [2.45, 2.75) is 38.6 Å². The fraction of sp³-hybridized carbons (Fsp3) is 0.370. The normalized spacial score (nSPS) is 15.3. The smallest absolute Gasteiger partial charge is 0.373 e. The lowest BCUT2D eigenvalue weighted by Gasteiger charge is -2.31. The van der Waals surface area contributed by atoms with Gasteiger partial charge in [-0.2, -0.15) is 18.0 Å². The van der Waals surface area contributed by atoms with E-state index >= 15 is 0 Å². The molecule has 0 radical (unpaired) electrons. The number of piperidine rings is 1. The van der Waals surface area contributed by atoms with E-state index in [1.54, 1.807) is 12.1 Å². The number of para-hydroxylation sites is 1. The molecule has 11 heteroatoms. The minimum absolute atomic E-state index is 0.0489. The van der Waals surface area contributed by atoms with E-state index in [1.165, 1.54) is 18.6 Å². The highest BCUT2D eigenvalue weighted by Crippen LogP contribution is 2.35. The number of halogens is 1. The zero-order valence-electron chi connectivity index (χ0n) is 21.6. The number of sulfonamides is 1. The number of ether oxygens (including phenoxy) is 1. The number of nitrogens with zero attached hydrogens (tertiary/aromatic N) is 3. The highest BCUT2D eigenvalue weighted by Gasteiger charge is 2.22. The lowest BCUT2D eigenvalue weighted by molar-refractivity contribution is -0.191. The van der Waals surface area contributed by atoms with Gasteiger partial charge in [0.15, 0.2) is 5.03 Å². The third kappa shape index (κ3) is 7.77. The summed E-state index contributed by atoms with van der Waals surface area (Å²) in [6, 6.07) is 15.7. The first kappa shape index (κ1) is 29.1. The zero-order chi connectivity index (χ0) is 27.7. The molecular formula is C27H31ClN4O5S. The van der Waals surface area contributed by atoms with Crippen molar-refractivity contribution >= 4 is 39.4 Å². The number of nitrogens with one attached hydrogen (secondary N) is 1. The second-order valence-corrected chi connectivity index (χ2v) is 11.5. The van der Waals surface area contributed by atoms with Gasteiger partial charge < -0.3 is 9.64 Å². The summed E-state index contributed by atoms with van der Waals surface area (Å²) in [5, 5.41) is 0.347. The summed E-state index contributed by atoms with van der Waals surface area (Å²) in [6.07, 6.45) is 2.49. The molecule has 0 bridgehead atoms. The van der Waals surface area contributed by atoms with Gasteiger partial charge in [0.05, 0.1) is 17.3 Å². The third-order valence-corrected chi connectivity index (χ3v) is 7.33. The Morgan fingerprint density at radius 3 is 2.55 bits per heavy atom. The minimum atomic E-state index is -3.96. The molecule has 1 fully saturated rings. The van der Waals surface area contributed by atoms with E-state index in [2.05, 4.69) is 40.4 Å². The zero-order valence-corrected chi connectivity index (χ0v) is 23.1. The molecule has 3 heterocycles. The quantitative estimate of drug-likeness (QED) is 0.396. The van der Waals surface area contributed by atoms with E-state index in [9.17, 15) is 8.42 Å². The topological polar surface area (TPSA) is 119 Å². The number of aromatic nitrogens is 2. The minimum Gasteiger partial charge on any atom is -0.493 e. The number of benzene rings is 1. The van der Waals surface area contributed by atoms with E-state index in [1.807, 2.05) is 30.3 Å². The molecule has 1 saturated heterocycles. The van der Waals surface area contributed by atoms with Crippen molar-refractivity contribution in [2.24, 2.45) is 11.8 Å². The van der Waals surface area contributed by atoms with Crippen LogP contribution in [0.5, 0.6) is 5.75 Å². The molecule has 38 heavy (non-hydrogen) atoms. The van der Waals surface area contributed by atoms with Gasteiger partial charge in [-0.3, -0.25) is 4.72 Å². The number of hydrogen-bond donors (Lipinski definition) is 1. The van der Waals surface area contributed by atoms with Gasteiger partial charge in [-0.15, -0.1) is 0 Å². The molecule has 0 saturated carbocycles. The first-order chi connectivity index (χ1) is 18.1. The average Bonchev–Trinajstić information content (AvgIpc) is 2.89. The van der Waals surface area contributed by atoms with Crippen molar-refractivity contribution < 1.29 is 22.7 Å². The van der Waals surface area contributed by atoms with Gasteiger partial charge in [0.1, 0.15) is 17.4 Å². The van der Waals surface area contributed by atoms with Crippen LogP contribution in [0.15, 0.2) is 59.6 Å². The Balaban J connectivity index is 0.00000127. The van der Waals surface area contributed by atoms with Crippen LogP contribution in [-0.2, 0) is 19.6 Å².